The quantitative estimate of drug-likeness (QED) is 0.281. The monoisotopic (exact) mass is 449 g/mol. The molecule has 1 saturated heterocycles. The third kappa shape index (κ3) is 3.71. The summed E-state index contributed by atoms with van der Waals surface area (Å²) in [6.07, 6.45) is 0.148. The SMILES string of the molecule is CCC1(O[SiH2]C(C)(C)C)C(=O)N2C(C(=O)O)=C(OS(=O)(=O)C(F)(F)F)S[C@H]21. The van der Waals surface area contributed by atoms with Crippen LogP contribution in [0.4, 0.5) is 13.2 Å². The Morgan fingerprint density at radius 3 is 2.33 bits per heavy atom. The number of amides is 1. The minimum atomic E-state index is -6.08. The Balaban J connectivity index is 2.37. The number of hydrogen-bond acceptors (Lipinski definition) is 7. The molecule has 1 fully saturated rings. The molecule has 1 amide bonds. The molecule has 0 radical (unpaired) electrons. The average molecular weight is 450 g/mol. The predicted molar refractivity (Wildman–Crippen MR) is 91.3 cm³/mol. The van der Waals surface area contributed by atoms with Crippen molar-refractivity contribution >= 4 is 43.5 Å². The van der Waals surface area contributed by atoms with Gasteiger partial charge in [0, 0.05) is 0 Å². The van der Waals surface area contributed by atoms with Gasteiger partial charge >= 0.3 is 21.6 Å². The second-order valence-electron chi connectivity index (χ2n) is 7.16. The van der Waals surface area contributed by atoms with E-state index in [0.717, 1.165) is 4.90 Å². The van der Waals surface area contributed by atoms with E-state index in [4.69, 9.17) is 4.43 Å². The number of fused-ring (bicyclic) bond motifs is 1. The third-order valence-corrected chi connectivity index (χ3v) is 7.72. The molecule has 2 aliphatic heterocycles. The van der Waals surface area contributed by atoms with Crippen LogP contribution in [0, 0.1) is 0 Å². The standard InChI is InChI=1S/C13H18F3NO7S2Si/c1-5-12(24-27-11(2,3)4)9(20)17-6(7(18)19)8(25-10(12)17)23-26(21,22)13(14,15)16/h10H,5,27H2,1-4H3,(H,18,19)/t10-,12?/m0/s1. The van der Waals surface area contributed by atoms with Crippen molar-refractivity contribution in [1.82, 2.24) is 4.90 Å². The molecule has 2 aliphatic rings. The normalized spacial score (nSPS) is 26.6. The number of carboxylic acid groups (broad SMARTS) is 1. The van der Waals surface area contributed by atoms with Gasteiger partial charge in [-0.3, -0.25) is 9.69 Å². The summed E-state index contributed by atoms with van der Waals surface area (Å²) in [5, 5.41) is 7.06. The van der Waals surface area contributed by atoms with Crippen molar-refractivity contribution in [2.75, 3.05) is 0 Å². The Hall–Kier alpha value is -1.25. The van der Waals surface area contributed by atoms with E-state index in [1.54, 1.807) is 6.92 Å². The summed E-state index contributed by atoms with van der Waals surface area (Å²) < 4.78 is 70.1. The average Bonchev–Trinajstić information content (AvgIpc) is 2.81. The maximum Gasteiger partial charge on any atom is 0.534 e. The number of rotatable bonds is 6. The molecule has 0 aromatic heterocycles. The summed E-state index contributed by atoms with van der Waals surface area (Å²) in [4.78, 5) is 24.8. The van der Waals surface area contributed by atoms with Crippen molar-refractivity contribution in [2.45, 2.75) is 55.6 Å². The van der Waals surface area contributed by atoms with Crippen LogP contribution in [0.5, 0.6) is 0 Å². The van der Waals surface area contributed by atoms with Crippen LogP contribution in [0.2, 0.25) is 5.04 Å². The van der Waals surface area contributed by atoms with Crippen LogP contribution >= 0.6 is 11.8 Å². The van der Waals surface area contributed by atoms with Crippen LogP contribution in [0.25, 0.3) is 0 Å². The first-order valence-electron chi connectivity index (χ1n) is 7.70. The second-order valence-corrected chi connectivity index (χ2v) is 12.5. The van der Waals surface area contributed by atoms with E-state index in [1.165, 1.54) is 0 Å². The molecular weight excluding hydrogens is 431 g/mol. The summed E-state index contributed by atoms with van der Waals surface area (Å²) >= 11 is 0.425. The lowest BCUT2D eigenvalue weighted by Crippen LogP contribution is -2.72. The molecule has 0 spiro atoms. The van der Waals surface area contributed by atoms with Crippen molar-refractivity contribution < 1.29 is 44.9 Å². The first-order valence-corrected chi connectivity index (χ1v) is 11.3. The van der Waals surface area contributed by atoms with Gasteiger partial charge < -0.3 is 13.7 Å². The maximum atomic E-state index is 12.6. The number of carbonyl (C=O) groups is 2. The molecule has 0 bridgehead atoms. The highest BCUT2D eigenvalue weighted by atomic mass is 32.2. The fourth-order valence-corrected chi connectivity index (χ4v) is 5.91. The molecular formula is C13H18F3NO7S2Si. The van der Waals surface area contributed by atoms with Crippen LogP contribution in [0.15, 0.2) is 10.8 Å². The summed E-state index contributed by atoms with van der Waals surface area (Å²) in [5.41, 5.74) is -8.09. The lowest BCUT2D eigenvalue weighted by atomic mass is 9.89. The molecule has 8 nitrogen and oxygen atoms in total. The van der Waals surface area contributed by atoms with Gasteiger partial charge in [0.05, 0.1) is 0 Å². The van der Waals surface area contributed by atoms with E-state index in [9.17, 15) is 36.3 Å². The van der Waals surface area contributed by atoms with E-state index in [0.29, 0.717) is 11.8 Å². The molecule has 0 saturated carbocycles. The minimum absolute atomic E-state index is 0.148. The highest BCUT2D eigenvalue weighted by Crippen LogP contribution is 2.55. The summed E-state index contributed by atoms with van der Waals surface area (Å²) in [6.45, 7) is 7.32. The maximum absolute atomic E-state index is 12.6. The number of nitrogens with zero attached hydrogens (tertiary/aromatic N) is 1. The van der Waals surface area contributed by atoms with Crippen molar-refractivity contribution in [3.8, 4) is 0 Å². The second kappa shape index (κ2) is 6.67. The van der Waals surface area contributed by atoms with Gasteiger partial charge in [-0.1, -0.05) is 39.5 Å². The van der Waals surface area contributed by atoms with Crippen LogP contribution in [-0.2, 0) is 28.3 Å². The molecule has 2 atom stereocenters. The Labute approximate surface area is 160 Å². The summed E-state index contributed by atoms with van der Waals surface area (Å²) in [6, 6.07) is 0. The first kappa shape index (κ1) is 22.0. The third-order valence-electron chi connectivity index (χ3n) is 3.83. The Morgan fingerprint density at radius 1 is 1.37 bits per heavy atom. The smallest absolute Gasteiger partial charge is 0.476 e. The minimum Gasteiger partial charge on any atom is -0.476 e. The molecule has 0 aliphatic carbocycles. The predicted octanol–water partition coefficient (Wildman–Crippen LogP) is 1.49. The molecule has 27 heavy (non-hydrogen) atoms. The summed E-state index contributed by atoms with van der Waals surface area (Å²) in [5.74, 6) is -2.51. The fraction of sp³-hybridized carbons (Fsp3) is 0.692. The largest absolute Gasteiger partial charge is 0.534 e. The molecule has 14 heteroatoms. The van der Waals surface area contributed by atoms with Gasteiger partial charge in [-0.2, -0.15) is 21.6 Å². The van der Waals surface area contributed by atoms with Gasteiger partial charge in [0.15, 0.2) is 21.1 Å². The number of carbonyl (C=O) groups excluding carboxylic acids is 1. The van der Waals surface area contributed by atoms with Gasteiger partial charge in [-0.15, -0.1) is 0 Å². The Kier molecular flexibility index (Phi) is 5.44. The lowest BCUT2D eigenvalue weighted by Gasteiger charge is -2.52. The van der Waals surface area contributed by atoms with Gasteiger partial charge in [0.2, 0.25) is 5.09 Å². The van der Waals surface area contributed by atoms with E-state index >= 15 is 0 Å². The zero-order valence-electron chi connectivity index (χ0n) is 14.8. The van der Waals surface area contributed by atoms with Crippen molar-refractivity contribution in [2.24, 2.45) is 0 Å². The van der Waals surface area contributed by atoms with Crippen LogP contribution < -0.4 is 0 Å². The van der Waals surface area contributed by atoms with E-state index in [2.05, 4.69) is 4.18 Å². The van der Waals surface area contributed by atoms with E-state index in [1.807, 2.05) is 20.8 Å². The molecule has 154 valence electrons. The Morgan fingerprint density at radius 2 is 1.93 bits per heavy atom. The van der Waals surface area contributed by atoms with Gasteiger partial charge in [0.1, 0.15) is 5.37 Å². The van der Waals surface area contributed by atoms with Crippen LogP contribution in [-0.4, -0.2) is 56.5 Å². The molecule has 1 unspecified atom stereocenters. The number of hydrogen-bond donors (Lipinski definition) is 1. The number of halogens is 3. The zero-order valence-corrected chi connectivity index (χ0v) is 17.8. The van der Waals surface area contributed by atoms with Gasteiger partial charge in [0.25, 0.3) is 5.91 Å². The number of thioether (sulfide) groups is 1. The number of carboxylic acids is 1. The fourth-order valence-electron chi connectivity index (χ4n) is 2.48. The lowest BCUT2D eigenvalue weighted by molar-refractivity contribution is -0.173. The molecule has 2 rings (SSSR count). The van der Waals surface area contributed by atoms with Crippen molar-refractivity contribution in [1.29, 1.82) is 0 Å². The Bertz CT molecular complexity index is 806. The van der Waals surface area contributed by atoms with Crippen LogP contribution in [0.3, 0.4) is 0 Å². The summed E-state index contributed by atoms with van der Waals surface area (Å²) in [7, 11) is -7.34. The highest BCUT2D eigenvalue weighted by molar-refractivity contribution is 8.04. The highest BCUT2D eigenvalue weighted by Gasteiger charge is 2.68. The molecule has 0 aromatic carbocycles. The van der Waals surface area contributed by atoms with Crippen molar-refractivity contribution in [3.63, 3.8) is 0 Å². The molecule has 0 aromatic rings. The molecule has 2 heterocycles. The zero-order chi connectivity index (χ0) is 21.0. The van der Waals surface area contributed by atoms with Crippen molar-refractivity contribution in [3.05, 3.63) is 10.8 Å². The number of β-lactam (4-membered cyclic amide) rings is 1. The van der Waals surface area contributed by atoms with Gasteiger partial charge in [-0.25, -0.2) is 4.79 Å². The topological polar surface area (TPSA) is 110 Å². The number of aliphatic carboxylic acids is 1. The first-order chi connectivity index (χ1) is 12.1. The van der Waals surface area contributed by atoms with E-state index < -0.39 is 59.0 Å². The van der Waals surface area contributed by atoms with Gasteiger partial charge in [-0.05, 0) is 11.5 Å². The molecule has 1 N–H and O–H groups in total. The van der Waals surface area contributed by atoms with E-state index in [-0.39, 0.29) is 11.5 Å². The number of alkyl halides is 3. The van der Waals surface area contributed by atoms with Crippen LogP contribution in [0.1, 0.15) is 34.1 Å².